The lowest BCUT2D eigenvalue weighted by atomic mass is 10.1. The highest BCUT2D eigenvalue weighted by Crippen LogP contribution is 2.36. The van der Waals surface area contributed by atoms with Gasteiger partial charge in [0.25, 0.3) is 0 Å². The molecule has 0 aliphatic carbocycles. The van der Waals surface area contributed by atoms with E-state index in [-0.39, 0.29) is 34.7 Å². The zero-order valence-electron chi connectivity index (χ0n) is 19.5. The van der Waals surface area contributed by atoms with Crippen LogP contribution in [-0.4, -0.2) is 40.3 Å². The lowest BCUT2D eigenvalue weighted by Gasteiger charge is -2.15. The van der Waals surface area contributed by atoms with Crippen LogP contribution in [0.25, 0.3) is 0 Å². The minimum atomic E-state index is -4.60. The molecule has 1 heterocycles. The first-order valence-corrected chi connectivity index (χ1v) is 13.1. The zero-order chi connectivity index (χ0) is 27.1. The molecule has 0 aliphatic heterocycles. The van der Waals surface area contributed by atoms with Gasteiger partial charge in [-0.2, -0.15) is 13.2 Å². The van der Waals surface area contributed by atoms with Gasteiger partial charge in [0.05, 0.1) is 17.1 Å². The predicted molar refractivity (Wildman–Crippen MR) is 133 cm³/mol. The first-order valence-electron chi connectivity index (χ1n) is 10.9. The van der Waals surface area contributed by atoms with Crippen molar-refractivity contribution in [2.75, 3.05) is 26.9 Å². The number of methoxy groups -OCH3 is 1. The van der Waals surface area contributed by atoms with Gasteiger partial charge in [0.1, 0.15) is 23.1 Å². The molecule has 200 valence electrons. The predicted octanol–water partition coefficient (Wildman–Crippen LogP) is 6.14. The van der Waals surface area contributed by atoms with Crippen LogP contribution < -0.4 is 14.2 Å². The Labute approximate surface area is 222 Å². The van der Waals surface area contributed by atoms with E-state index in [2.05, 4.69) is 9.71 Å². The lowest BCUT2D eigenvalue weighted by molar-refractivity contribution is -0.137. The standard InChI is InChI=1S/C24H23Cl2F3N2O5S/c1-34-10-11-35-19-8-7-16(4-3-9-31-37(32,33)20-6-2-5-18(25)13-20)22(14-19)36-23-21(26)12-17(15-30-23)24(27,28)29/h2,5-8,12-15,31H,3-4,9-11H2,1H3. The van der Waals surface area contributed by atoms with Gasteiger partial charge in [-0.25, -0.2) is 18.1 Å². The van der Waals surface area contributed by atoms with Crippen LogP contribution in [0.4, 0.5) is 13.2 Å². The molecule has 3 aromatic rings. The second-order valence-electron chi connectivity index (χ2n) is 7.68. The molecule has 0 spiro atoms. The first kappa shape index (κ1) is 29.0. The third-order valence-corrected chi connectivity index (χ3v) is 6.92. The number of nitrogens with zero attached hydrogens (tertiary/aromatic N) is 1. The number of hydrogen-bond donors (Lipinski definition) is 1. The van der Waals surface area contributed by atoms with Gasteiger partial charge in [-0.3, -0.25) is 0 Å². The third kappa shape index (κ3) is 8.47. The van der Waals surface area contributed by atoms with Gasteiger partial charge in [-0.05, 0) is 48.7 Å². The third-order valence-electron chi connectivity index (χ3n) is 4.96. The van der Waals surface area contributed by atoms with Crippen LogP contribution in [0.2, 0.25) is 10.0 Å². The number of hydrogen-bond acceptors (Lipinski definition) is 6. The zero-order valence-corrected chi connectivity index (χ0v) is 21.8. The van der Waals surface area contributed by atoms with Crippen molar-refractivity contribution in [2.45, 2.75) is 23.9 Å². The molecule has 0 unspecified atom stereocenters. The van der Waals surface area contributed by atoms with E-state index in [1.807, 2.05) is 0 Å². The highest BCUT2D eigenvalue weighted by molar-refractivity contribution is 7.89. The summed E-state index contributed by atoms with van der Waals surface area (Å²) in [5.74, 6) is 0.467. The smallest absolute Gasteiger partial charge is 0.417 e. The molecule has 0 amide bonds. The van der Waals surface area contributed by atoms with E-state index in [0.29, 0.717) is 42.0 Å². The molecule has 37 heavy (non-hydrogen) atoms. The van der Waals surface area contributed by atoms with E-state index < -0.39 is 21.8 Å². The van der Waals surface area contributed by atoms with Crippen molar-refractivity contribution >= 4 is 33.2 Å². The number of nitrogens with one attached hydrogen (secondary N) is 1. The number of alkyl halides is 3. The van der Waals surface area contributed by atoms with Gasteiger partial charge in [0, 0.05) is 30.9 Å². The van der Waals surface area contributed by atoms with E-state index in [1.54, 1.807) is 24.3 Å². The number of aryl methyl sites for hydroxylation is 1. The number of pyridine rings is 1. The normalized spacial score (nSPS) is 11.9. The molecule has 0 radical (unpaired) electrons. The quantitative estimate of drug-likeness (QED) is 0.260. The maximum atomic E-state index is 13.0. The van der Waals surface area contributed by atoms with E-state index in [1.165, 1.54) is 25.3 Å². The molecule has 0 saturated carbocycles. The van der Waals surface area contributed by atoms with Gasteiger partial charge in [-0.1, -0.05) is 35.3 Å². The second-order valence-corrected chi connectivity index (χ2v) is 10.3. The molecule has 1 aromatic heterocycles. The minimum absolute atomic E-state index is 0.0459. The highest BCUT2D eigenvalue weighted by Gasteiger charge is 2.32. The van der Waals surface area contributed by atoms with Crippen LogP contribution in [-0.2, 0) is 27.4 Å². The lowest BCUT2D eigenvalue weighted by Crippen LogP contribution is -2.25. The monoisotopic (exact) mass is 578 g/mol. The van der Waals surface area contributed by atoms with Crippen LogP contribution in [0, 0.1) is 0 Å². The highest BCUT2D eigenvalue weighted by atomic mass is 35.5. The SMILES string of the molecule is COCCOc1ccc(CCCNS(=O)(=O)c2cccc(Cl)c2)c(Oc2ncc(C(F)(F)F)cc2Cl)c1. The summed E-state index contributed by atoms with van der Waals surface area (Å²) < 4.78 is 82.7. The number of aromatic nitrogens is 1. The molecular weight excluding hydrogens is 556 g/mol. The molecule has 13 heteroatoms. The van der Waals surface area contributed by atoms with Crippen molar-refractivity contribution in [3.8, 4) is 17.4 Å². The topological polar surface area (TPSA) is 86.8 Å². The molecule has 0 aliphatic rings. The van der Waals surface area contributed by atoms with Crippen molar-refractivity contribution in [3.63, 3.8) is 0 Å². The van der Waals surface area contributed by atoms with Crippen LogP contribution >= 0.6 is 23.2 Å². The van der Waals surface area contributed by atoms with Crippen molar-refractivity contribution in [1.29, 1.82) is 0 Å². The molecular formula is C24H23Cl2F3N2O5S. The fourth-order valence-corrected chi connectivity index (χ4v) is 4.71. The van der Waals surface area contributed by atoms with Gasteiger partial charge in [-0.15, -0.1) is 0 Å². The Balaban J connectivity index is 1.74. The van der Waals surface area contributed by atoms with Gasteiger partial charge in [0.2, 0.25) is 15.9 Å². The fourth-order valence-electron chi connectivity index (χ4n) is 3.13. The maximum Gasteiger partial charge on any atom is 0.417 e. The van der Waals surface area contributed by atoms with E-state index in [9.17, 15) is 21.6 Å². The number of ether oxygens (including phenoxy) is 3. The average Bonchev–Trinajstić information content (AvgIpc) is 2.83. The summed E-state index contributed by atoms with van der Waals surface area (Å²) in [6, 6.07) is 11.6. The first-order chi connectivity index (χ1) is 17.5. The summed E-state index contributed by atoms with van der Waals surface area (Å²) in [5, 5.41) is -0.0197. The Bertz CT molecular complexity index is 1320. The van der Waals surface area contributed by atoms with E-state index in [4.69, 9.17) is 37.4 Å². The number of benzene rings is 2. The van der Waals surface area contributed by atoms with Crippen molar-refractivity contribution < 1.29 is 35.8 Å². The van der Waals surface area contributed by atoms with E-state index in [0.717, 1.165) is 6.07 Å². The van der Waals surface area contributed by atoms with Crippen LogP contribution in [0.3, 0.4) is 0 Å². The minimum Gasteiger partial charge on any atom is -0.491 e. The summed E-state index contributed by atoms with van der Waals surface area (Å²) >= 11 is 11.9. The molecule has 1 N–H and O–H groups in total. The fraction of sp³-hybridized carbons (Fsp3) is 0.292. The summed E-state index contributed by atoms with van der Waals surface area (Å²) in [6.45, 7) is 0.719. The molecule has 0 atom stereocenters. The number of sulfonamides is 1. The van der Waals surface area contributed by atoms with E-state index >= 15 is 0 Å². The summed E-state index contributed by atoms with van der Waals surface area (Å²) in [7, 11) is -2.23. The van der Waals surface area contributed by atoms with Gasteiger partial charge in [0.15, 0.2) is 0 Å². The van der Waals surface area contributed by atoms with Crippen molar-refractivity contribution in [3.05, 3.63) is 75.9 Å². The van der Waals surface area contributed by atoms with Crippen LogP contribution in [0.15, 0.2) is 59.6 Å². The molecule has 0 bridgehead atoms. The van der Waals surface area contributed by atoms with Crippen molar-refractivity contribution in [2.24, 2.45) is 0 Å². The van der Waals surface area contributed by atoms with Crippen LogP contribution in [0.5, 0.6) is 17.4 Å². The molecule has 0 fully saturated rings. The summed E-state index contributed by atoms with van der Waals surface area (Å²) in [5.41, 5.74) is -0.368. The number of rotatable bonds is 12. The van der Waals surface area contributed by atoms with Gasteiger partial charge < -0.3 is 14.2 Å². The summed E-state index contributed by atoms with van der Waals surface area (Å²) in [4.78, 5) is 3.76. The Morgan fingerprint density at radius 3 is 2.51 bits per heavy atom. The molecule has 2 aromatic carbocycles. The second kappa shape index (κ2) is 12.8. The molecule has 3 rings (SSSR count). The molecule has 0 saturated heterocycles. The van der Waals surface area contributed by atoms with Crippen molar-refractivity contribution in [1.82, 2.24) is 9.71 Å². The average molecular weight is 579 g/mol. The molecule has 7 nitrogen and oxygen atoms in total. The maximum absolute atomic E-state index is 13.0. The Morgan fingerprint density at radius 2 is 1.84 bits per heavy atom. The Kier molecular flexibility index (Phi) is 10.0. The number of halogens is 5. The Morgan fingerprint density at radius 1 is 1.05 bits per heavy atom. The van der Waals surface area contributed by atoms with Gasteiger partial charge >= 0.3 is 6.18 Å². The summed E-state index contributed by atoms with van der Waals surface area (Å²) in [6.07, 6.45) is -3.23. The van der Waals surface area contributed by atoms with Crippen LogP contribution in [0.1, 0.15) is 17.5 Å². The Hall–Kier alpha value is -2.57. The largest absolute Gasteiger partial charge is 0.491 e.